The average Bonchev–Trinajstić information content (AvgIpc) is 2.54. The summed E-state index contributed by atoms with van der Waals surface area (Å²) in [4.78, 5) is 2.23. The Morgan fingerprint density at radius 1 is 1.00 bits per heavy atom. The van der Waals surface area contributed by atoms with Gasteiger partial charge in [0.25, 0.3) is 0 Å². The van der Waals surface area contributed by atoms with E-state index in [9.17, 15) is 0 Å². The molecule has 22 heavy (non-hydrogen) atoms. The Labute approximate surface area is 144 Å². The van der Waals surface area contributed by atoms with Gasteiger partial charge in [0.05, 0.1) is 13.2 Å². The number of hydrogen-bond acceptors (Lipinski definition) is 4. The van der Waals surface area contributed by atoms with Crippen LogP contribution < -0.4 is 16.0 Å². The van der Waals surface area contributed by atoms with Crippen molar-refractivity contribution in [2.75, 3.05) is 60.2 Å². The monoisotopic (exact) mass is 348 g/mol. The molecule has 1 rings (SSSR count). The molecule has 0 bridgehead atoms. The summed E-state index contributed by atoms with van der Waals surface area (Å²) in [5.74, 6) is 0.639. The molecule has 0 aromatic carbocycles. The number of nitrogens with zero attached hydrogens (tertiary/aromatic N) is 1. The van der Waals surface area contributed by atoms with Gasteiger partial charge < -0.3 is 30.3 Å². The SMILES string of the molecule is COCCNC(=S)NCC1CCN(C(=S)NCCOC)CC1. The summed E-state index contributed by atoms with van der Waals surface area (Å²) in [5, 5.41) is 11.2. The second kappa shape index (κ2) is 11.8. The molecule has 0 aliphatic carbocycles. The number of likely N-dealkylation sites (tertiary alicyclic amines) is 1. The molecule has 128 valence electrons. The fourth-order valence-corrected chi connectivity index (χ4v) is 2.75. The van der Waals surface area contributed by atoms with Gasteiger partial charge in [0.15, 0.2) is 10.2 Å². The van der Waals surface area contributed by atoms with Crippen molar-refractivity contribution in [2.24, 2.45) is 5.92 Å². The van der Waals surface area contributed by atoms with E-state index in [0.717, 1.165) is 50.7 Å². The molecule has 1 aliphatic heterocycles. The second-order valence-electron chi connectivity index (χ2n) is 5.28. The topological polar surface area (TPSA) is 57.8 Å². The zero-order chi connectivity index (χ0) is 16.2. The summed E-state index contributed by atoms with van der Waals surface area (Å²) in [6.45, 7) is 5.74. The van der Waals surface area contributed by atoms with Crippen LogP contribution in [0.15, 0.2) is 0 Å². The van der Waals surface area contributed by atoms with Gasteiger partial charge in [-0.05, 0) is 43.2 Å². The third-order valence-corrected chi connectivity index (χ3v) is 4.32. The lowest BCUT2D eigenvalue weighted by atomic mass is 9.97. The summed E-state index contributed by atoms with van der Waals surface area (Å²) >= 11 is 10.6. The zero-order valence-electron chi connectivity index (χ0n) is 13.5. The van der Waals surface area contributed by atoms with Gasteiger partial charge >= 0.3 is 0 Å². The minimum Gasteiger partial charge on any atom is -0.383 e. The van der Waals surface area contributed by atoms with Gasteiger partial charge in [0.1, 0.15) is 0 Å². The van der Waals surface area contributed by atoms with Gasteiger partial charge in [-0.2, -0.15) is 0 Å². The summed E-state index contributed by atoms with van der Waals surface area (Å²) < 4.78 is 9.99. The van der Waals surface area contributed by atoms with E-state index >= 15 is 0 Å². The maximum atomic E-state index is 5.39. The predicted octanol–water partition coefficient (Wildman–Crippen LogP) is 0.330. The Morgan fingerprint density at radius 2 is 1.59 bits per heavy atom. The highest BCUT2D eigenvalue weighted by Crippen LogP contribution is 2.16. The first-order chi connectivity index (χ1) is 10.7. The lowest BCUT2D eigenvalue weighted by molar-refractivity contribution is 0.201. The normalized spacial score (nSPS) is 15.5. The van der Waals surface area contributed by atoms with Crippen LogP contribution in [-0.2, 0) is 9.47 Å². The molecular formula is C14H28N4O2S2. The number of methoxy groups -OCH3 is 2. The van der Waals surface area contributed by atoms with Gasteiger partial charge in [-0.3, -0.25) is 0 Å². The van der Waals surface area contributed by atoms with E-state index < -0.39 is 0 Å². The minimum absolute atomic E-state index is 0.639. The van der Waals surface area contributed by atoms with Crippen LogP contribution in [0.4, 0.5) is 0 Å². The van der Waals surface area contributed by atoms with Gasteiger partial charge in [0, 0.05) is 46.9 Å². The first-order valence-corrected chi connectivity index (χ1v) is 8.51. The second-order valence-corrected chi connectivity index (χ2v) is 6.08. The number of piperidine rings is 1. The van der Waals surface area contributed by atoms with Crippen LogP contribution in [0.3, 0.4) is 0 Å². The molecule has 0 atom stereocenters. The van der Waals surface area contributed by atoms with Crippen LogP contribution in [0, 0.1) is 5.92 Å². The van der Waals surface area contributed by atoms with E-state index in [1.807, 2.05) is 0 Å². The first-order valence-electron chi connectivity index (χ1n) is 7.69. The van der Waals surface area contributed by atoms with Crippen molar-refractivity contribution in [1.29, 1.82) is 0 Å². The lowest BCUT2D eigenvalue weighted by Gasteiger charge is -2.34. The molecule has 0 aromatic rings. The van der Waals surface area contributed by atoms with Crippen molar-refractivity contribution in [3.8, 4) is 0 Å². The molecule has 0 radical (unpaired) electrons. The number of thiocarbonyl (C=S) groups is 2. The average molecular weight is 349 g/mol. The van der Waals surface area contributed by atoms with Crippen LogP contribution in [-0.4, -0.2) is 75.3 Å². The van der Waals surface area contributed by atoms with Gasteiger partial charge in [-0.25, -0.2) is 0 Å². The molecular weight excluding hydrogens is 320 g/mol. The smallest absolute Gasteiger partial charge is 0.169 e. The van der Waals surface area contributed by atoms with Crippen LogP contribution >= 0.6 is 24.4 Å². The molecule has 0 aromatic heterocycles. The van der Waals surface area contributed by atoms with Crippen LogP contribution in [0.5, 0.6) is 0 Å². The highest BCUT2D eigenvalue weighted by atomic mass is 32.1. The molecule has 1 heterocycles. The fourth-order valence-electron chi connectivity index (χ4n) is 2.28. The minimum atomic E-state index is 0.639. The van der Waals surface area contributed by atoms with Gasteiger partial charge in [-0.1, -0.05) is 0 Å². The molecule has 1 fully saturated rings. The van der Waals surface area contributed by atoms with E-state index in [-0.39, 0.29) is 0 Å². The zero-order valence-corrected chi connectivity index (χ0v) is 15.2. The Hall–Kier alpha value is -0.700. The van der Waals surface area contributed by atoms with Crippen molar-refractivity contribution in [2.45, 2.75) is 12.8 Å². The Balaban J connectivity index is 2.11. The fraction of sp³-hybridized carbons (Fsp3) is 0.857. The highest BCUT2D eigenvalue weighted by Gasteiger charge is 2.20. The van der Waals surface area contributed by atoms with Crippen LogP contribution in [0.25, 0.3) is 0 Å². The Morgan fingerprint density at radius 3 is 2.18 bits per heavy atom. The predicted molar refractivity (Wildman–Crippen MR) is 97.3 cm³/mol. The third kappa shape index (κ3) is 8.07. The summed E-state index contributed by atoms with van der Waals surface area (Å²) in [7, 11) is 3.37. The summed E-state index contributed by atoms with van der Waals surface area (Å²) in [5.41, 5.74) is 0. The number of rotatable bonds is 8. The maximum Gasteiger partial charge on any atom is 0.169 e. The van der Waals surface area contributed by atoms with Crippen LogP contribution in [0.1, 0.15) is 12.8 Å². The standard InChI is InChI=1S/C14H28N4O2S2/c1-19-9-5-15-13(21)17-11-12-3-7-18(8-4-12)14(22)16-6-10-20-2/h12H,3-11H2,1-2H3,(H,16,22)(H2,15,17,21). The maximum absolute atomic E-state index is 5.39. The van der Waals surface area contributed by atoms with E-state index in [0.29, 0.717) is 24.2 Å². The molecule has 0 unspecified atom stereocenters. The van der Waals surface area contributed by atoms with E-state index in [1.54, 1.807) is 14.2 Å². The third-order valence-electron chi connectivity index (χ3n) is 3.63. The lowest BCUT2D eigenvalue weighted by Crippen LogP contribution is -2.47. The van der Waals surface area contributed by atoms with Crippen molar-refractivity contribution < 1.29 is 9.47 Å². The molecule has 3 N–H and O–H groups in total. The van der Waals surface area contributed by atoms with E-state index in [2.05, 4.69) is 20.9 Å². The molecule has 0 saturated carbocycles. The molecule has 1 saturated heterocycles. The van der Waals surface area contributed by atoms with Crippen molar-refractivity contribution in [1.82, 2.24) is 20.9 Å². The van der Waals surface area contributed by atoms with Gasteiger partial charge in [0.2, 0.25) is 0 Å². The number of nitrogens with one attached hydrogen (secondary N) is 3. The number of ether oxygens (including phenoxy) is 2. The van der Waals surface area contributed by atoms with Crippen molar-refractivity contribution in [3.05, 3.63) is 0 Å². The Kier molecular flexibility index (Phi) is 10.4. The summed E-state index contributed by atoms with van der Waals surface area (Å²) in [6, 6.07) is 0. The first kappa shape index (κ1) is 19.3. The molecule has 8 heteroatoms. The summed E-state index contributed by atoms with van der Waals surface area (Å²) in [6.07, 6.45) is 2.25. The molecule has 0 amide bonds. The van der Waals surface area contributed by atoms with Crippen molar-refractivity contribution >= 4 is 34.7 Å². The largest absolute Gasteiger partial charge is 0.383 e. The van der Waals surface area contributed by atoms with Crippen LogP contribution in [0.2, 0.25) is 0 Å². The highest BCUT2D eigenvalue weighted by molar-refractivity contribution is 7.80. The molecule has 0 spiro atoms. The quantitative estimate of drug-likeness (QED) is 0.429. The van der Waals surface area contributed by atoms with Crippen molar-refractivity contribution in [3.63, 3.8) is 0 Å². The van der Waals surface area contributed by atoms with E-state index in [4.69, 9.17) is 33.9 Å². The van der Waals surface area contributed by atoms with Gasteiger partial charge in [-0.15, -0.1) is 0 Å². The Bertz CT molecular complexity index is 337. The molecule has 1 aliphatic rings. The van der Waals surface area contributed by atoms with E-state index in [1.165, 1.54) is 0 Å². The number of hydrogen-bond donors (Lipinski definition) is 3. The molecule has 6 nitrogen and oxygen atoms in total.